The number of halogens is 3. The van der Waals surface area contributed by atoms with Crippen LogP contribution in [0.5, 0.6) is 11.5 Å². The van der Waals surface area contributed by atoms with Crippen LogP contribution in [0, 0.1) is 0 Å². The summed E-state index contributed by atoms with van der Waals surface area (Å²) in [6.07, 6.45) is -4.37. The fourth-order valence-electron chi connectivity index (χ4n) is 2.27. The normalized spacial score (nSPS) is 11.5. The first-order valence-corrected chi connectivity index (χ1v) is 8.59. The van der Waals surface area contributed by atoms with Gasteiger partial charge in [0.25, 0.3) is 11.8 Å². The lowest BCUT2D eigenvalue weighted by Crippen LogP contribution is -2.43. The predicted octanol–water partition coefficient (Wildman–Crippen LogP) is 3.26. The second-order valence-electron chi connectivity index (χ2n) is 5.63. The molecule has 2 aromatic rings. The van der Waals surface area contributed by atoms with Gasteiger partial charge in [0.2, 0.25) is 0 Å². The molecule has 0 aliphatic carbocycles. The number of para-hydroxylation sites is 2. The maximum absolute atomic E-state index is 13.2. The van der Waals surface area contributed by atoms with Gasteiger partial charge in [-0.25, -0.2) is 0 Å². The molecule has 0 bridgehead atoms. The van der Waals surface area contributed by atoms with Gasteiger partial charge in [-0.2, -0.15) is 13.2 Å². The molecule has 2 amide bonds. The summed E-state index contributed by atoms with van der Waals surface area (Å²) in [7, 11) is 0. The minimum atomic E-state index is -4.74. The number of hydrogen-bond donors (Lipinski definition) is 2. The minimum Gasteiger partial charge on any atom is -0.490 e. The summed E-state index contributed by atoms with van der Waals surface area (Å²) < 4.78 is 50.3. The van der Waals surface area contributed by atoms with Crippen molar-refractivity contribution in [1.29, 1.82) is 0 Å². The van der Waals surface area contributed by atoms with Gasteiger partial charge in [-0.3, -0.25) is 20.4 Å². The van der Waals surface area contributed by atoms with Gasteiger partial charge in [-0.15, -0.1) is 0 Å². The molecule has 2 rings (SSSR count). The molecule has 154 valence electrons. The summed E-state index contributed by atoms with van der Waals surface area (Å²) in [5, 5.41) is 0. The Kier molecular flexibility index (Phi) is 7.64. The van der Waals surface area contributed by atoms with Crippen LogP contribution in [0.4, 0.5) is 13.2 Å². The number of ether oxygens (including phenoxy) is 2. The Hall–Kier alpha value is -3.49. The van der Waals surface area contributed by atoms with Gasteiger partial charge in [0.15, 0.2) is 18.1 Å². The van der Waals surface area contributed by atoms with Crippen LogP contribution < -0.4 is 20.3 Å². The number of hydrazine groups is 1. The van der Waals surface area contributed by atoms with Crippen molar-refractivity contribution < 1.29 is 32.2 Å². The highest BCUT2D eigenvalue weighted by molar-refractivity contribution is 5.97. The fourth-order valence-corrected chi connectivity index (χ4v) is 2.27. The third-order valence-corrected chi connectivity index (χ3v) is 3.50. The average Bonchev–Trinajstić information content (AvgIpc) is 2.70. The van der Waals surface area contributed by atoms with Crippen molar-refractivity contribution in [3.05, 3.63) is 66.2 Å². The highest BCUT2D eigenvalue weighted by atomic mass is 19.4. The number of hydrogen-bond acceptors (Lipinski definition) is 4. The lowest BCUT2D eigenvalue weighted by molar-refractivity contribution is -0.128. The minimum absolute atomic E-state index is 0.169. The molecule has 0 aliphatic heterocycles. The molecule has 0 atom stereocenters. The first-order valence-electron chi connectivity index (χ1n) is 8.59. The maximum atomic E-state index is 13.2. The number of allylic oxidation sites excluding steroid dienone is 1. The number of benzene rings is 2. The zero-order valence-corrected chi connectivity index (χ0v) is 15.5. The van der Waals surface area contributed by atoms with Crippen molar-refractivity contribution >= 4 is 17.4 Å². The van der Waals surface area contributed by atoms with Crippen LogP contribution in [0.15, 0.2) is 60.7 Å². The van der Waals surface area contributed by atoms with Crippen molar-refractivity contribution in [3.8, 4) is 11.5 Å². The summed E-state index contributed by atoms with van der Waals surface area (Å²) >= 11 is 0. The van der Waals surface area contributed by atoms with Gasteiger partial charge in [0.1, 0.15) is 0 Å². The Morgan fingerprint density at radius 3 is 2.10 bits per heavy atom. The highest BCUT2D eigenvalue weighted by Gasteiger charge is 2.35. The summed E-state index contributed by atoms with van der Waals surface area (Å²) in [5.41, 5.74) is 2.60. The Morgan fingerprint density at radius 2 is 1.52 bits per heavy atom. The molecule has 0 saturated heterocycles. The Bertz CT molecular complexity index is 868. The zero-order valence-electron chi connectivity index (χ0n) is 15.5. The van der Waals surface area contributed by atoms with Crippen molar-refractivity contribution in [2.45, 2.75) is 13.1 Å². The van der Waals surface area contributed by atoms with Gasteiger partial charge in [-0.05, 0) is 24.6 Å². The molecule has 6 nitrogen and oxygen atoms in total. The van der Waals surface area contributed by atoms with Gasteiger partial charge in [-0.1, -0.05) is 42.5 Å². The van der Waals surface area contributed by atoms with Crippen LogP contribution in [-0.4, -0.2) is 31.2 Å². The van der Waals surface area contributed by atoms with Crippen LogP contribution in [0.25, 0.3) is 5.57 Å². The lowest BCUT2D eigenvalue weighted by Gasteiger charge is -2.13. The Balaban J connectivity index is 1.94. The maximum Gasteiger partial charge on any atom is 0.417 e. The summed E-state index contributed by atoms with van der Waals surface area (Å²) in [4.78, 5) is 23.6. The highest BCUT2D eigenvalue weighted by Crippen LogP contribution is 2.33. The van der Waals surface area contributed by atoms with Crippen LogP contribution >= 0.6 is 0 Å². The van der Waals surface area contributed by atoms with E-state index < -0.39 is 30.2 Å². The largest absolute Gasteiger partial charge is 0.490 e. The smallest absolute Gasteiger partial charge is 0.417 e. The number of amides is 2. The second-order valence-corrected chi connectivity index (χ2v) is 5.63. The molecule has 29 heavy (non-hydrogen) atoms. The van der Waals surface area contributed by atoms with E-state index in [1.165, 1.54) is 24.3 Å². The summed E-state index contributed by atoms with van der Waals surface area (Å²) in [5.74, 6) is -1.14. The zero-order chi connectivity index (χ0) is 21.3. The number of carbonyl (C=O) groups is 2. The Morgan fingerprint density at radius 1 is 0.931 bits per heavy atom. The molecule has 0 aromatic heterocycles. The van der Waals surface area contributed by atoms with Crippen LogP contribution in [0.1, 0.15) is 12.5 Å². The van der Waals surface area contributed by atoms with Crippen molar-refractivity contribution in [2.75, 3.05) is 13.2 Å². The van der Waals surface area contributed by atoms with E-state index in [4.69, 9.17) is 9.47 Å². The standard InChI is InChI=1S/C20H19F3N2O4/c1-2-28-16-10-6-7-11-17(16)29-13-19(27)25-24-18(26)12-15(20(21,22)23)14-8-4-3-5-9-14/h3-12H,2,13H2,1H3,(H,24,26)(H,25,27)/b15-12-. The number of alkyl halides is 3. The van der Waals surface area contributed by atoms with E-state index in [1.54, 1.807) is 37.3 Å². The van der Waals surface area contributed by atoms with Gasteiger partial charge < -0.3 is 9.47 Å². The van der Waals surface area contributed by atoms with Gasteiger partial charge in [0, 0.05) is 6.08 Å². The van der Waals surface area contributed by atoms with E-state index in [-0.39, 0.29) is 5.56 Å². The fraction of sp³-hybridized carbons (Fsp3) is 0.200. The monoisotopic (exact) mass is 408 g/mol. The number of nitrogens with one attached hydrogen (secondary N) is 2. The van der Waals surface area contributed by atoms with Crippen LogP contribution in [0.2, 0.25) is 0 Å². The molecule has 2 aromatic carbocycles. The molecule has 0 radical (unpaired) electrons. The first kappa shape index (κ1) is 21.8. The Labute approximate surface area is 165 Å². The van der Waals surface area contributed by atoms with Gasteiger partial charge in [0.05, 0.1) is 12.2 Å². The summed E-state index contributed by atoms with van der Waals surface area (Å²) in [6.45, 7) is 1.72. The summed E-state index contributed by atoms with van der Waals surface area (Å²) in [6, 6.07) is 13.5. The molecule has 0 saturated carbocycles. The third kappa shape index (κ3) is 6.87. The quantitative estimate of drug-likeness (QED) is 0.545. The molecular weight excluding hydrogens is 389 g/mol. The average molecular weight is 408 g/mol. The number of rotatable bonds is 7. The molecular formula is C20H19F3N2O4. The molecule has 0 unspecified atom stereocenters. The van der Waals surface area contributed by atoms with Crippen LogP contribution in [0.3, 0.4) is 0 Å². The molecule has 2 N–H and O–H groups in total. The lowest BCUT2D eigenvalue weighted by atomic mass is 10.1. The third-order valence-electron chi connectivity index (χ3n) is 3.50. The van der Waals surface area contributed by atoms with E-state index in [0.29, 0.717) is 24.2 Å². The molecule has 0 heterocycles. The second kappa shape index (κ2) is 10.2. The van der Waals surface area contributed by atoms with E-state index in [0.717, 1.165) is 0 Å². The first-order chi connectivity index (χ1) is 13.8. The topological polar surface area (TPSA) is 76.7 Å². The predicted molar refractivity (Wildman–Crippen MR) is 99.9 cm³/mol. The van der Waals surface area contributed by atoms with E-state index in [2.05, 4.69) is 0 Å². The van der Waals surface area contributed by atoms with E-state index in [9.17, 15) is 22.8 Å². The van der Waals surface area contributed by atoms with Gasteiger partial charge >= 0.3 is 6.18 Å². The van der Waals surface area contributed by atoms with E-state index in [1.807, 2.05) is 10.9 Å². The van der Waals surface area contributed by atoms with Crippen molar-refractivity contribution in [1.82, 2.24) is 10.9 Å². The molecule has 9 heteroatoms. The molecule has 0 aliphatic rings. The molecule has 0 fully saturated rings. The number of carbonyl (C=O) groups excluding carboxylic acids is 2. The van der Waals surface area contributed by atoms with Crippen molar-refractivity contribution in [2.24, 2.45) is 0 Å². The van der Waals surface area contributed by atoms with Crippen LogP contribution in [-0.2, 0) is 9.59 Å². The molecule has 0 spiro atoms. The van der Waals surface area contributed by atoms with E-state index >= 15 is 0 Å². The van der Waals surface area contributed by atoms with Crippen molar-refractivity contribution in [3.63, 3.8) is 0 Å². The SMILES string of the molecule is CCOc1ccccc1OCC(=O)NNC(=O)/C=C(/c1ccccc1)C(F)(F)F.